The molecule has 0 aliphatic carbocycles. The van der Waals surface area contributed by atoms with E-state index in [1.165, 1.54) is 0 Å². The number of fused-ring (bicyclic) bond motifs is 1. The lowest BCUT2D eigenvalue weighted by Crippen LogP contribution is -2.59. The van der Waals surface area contributed by atoms with E-state index in [-0.39, 0.29) is 5.91 Å². The van der Waals surface area contributed by atoms with Crippen molar-refractivity contribution < 1.29 is 9.53 Å². The first-order valence-electron chi connectivity index (χ1n) is 7.07. The number of carbonyl (C=O) groups is 1. The van der Waals surface area contributed by atoms with E-state index in [1.807, 2.05) is 32.0 Å². The maximum absolute atomic E-state index is 12.3. The summed E-state index contributed by atoms with van der Waals surface area (Å²) in [6, 6.07) is 7.98. The van der Waals surface area contributed by atoms with E-state index < -0.39 is 5.54 Å². The van der Waals surface area contributed by atoms with Crippen LogP contribution in [-0.4, -0.2) is 49.3 Å². The third kappa shape index (κ3) is 2.27. The van der Waals surface area contributed by atoms with Gasteiger partial charge in [-0.3, -0.25) is 9.69 Å². The first-order valence-corrected chi connectivity index (χ1v) is 7.07. The molecule has 5 heteroatoms. The molecule has 1 aromatic rings. The molecule has 3 rings (SSSR count). The Morgan fingerprint density at radius 1 is 1.25 bits per heavy atom. The van der Waals surface area contributed by atoms with E-state index in [1.54, 1.807) is 0 Å². The van der Waals surface area contributed by atoms with Gasteiger partial charge in [-0.15, -0.1) is 0 Å². The monoisotopic (exact) mass is 275 g/mol. The molecule has 1 saturated heterocycles. The van der Waals surface area contributed by atoms with Crippen molar-refractivity contribution >= 4 is 17.3 Å². The lowest BCUT2D eigenvalue weighted by molar-refractivity contribution is -0.120. The summed E-state index contributed by atoms with van der Waals surface area (Å²) in [5, 5.41) is 2.99. The molecule has 0 unspecified atom stereocenters. The lowest BCUT2D eigenvalue weighted by Gasteiger charge is -2.46. The summed E-state index contributed by atoms with van der Waals surface area (Å²) in [4.78, 5) is 16.9. The Kier molecular flexibility index (Phi) is 3.40. The van der Waals surface area contributed by atoms with Crippen molar-refractivity contribution in [1.82, 2.24) is 4.90 Å². The molecule has 0 bridgehead atoms. The highest BCUT2D eigenvalue weighted by Crippen LogP contribution is 2.36. The fourth-order valence-electron chi connectivity index (χ4n) is 2.71. The van der Waals surface area contributed by atoms with Crippen LogP contribution in [0.25, 0.3) is 0 Å². The number of nitrogens with one attached hydrogen (secondary N) is 1. The van der Waals surface area contributed by atoms with Crippen LogP contribution in [0.5, 0.6) is 0 Å². The second kappa shape index (κ2) is 5.07. The zero-order valence-corrected chi connectivity index (χ0v) is 12.1. The van der Waals surface area contributed by atoms with Crippen molar-refractivity contribution in [2.75, 3.05) is 43.2 Å². The predicted molar refractivity (Wildman–Crippen MR) is 78.9 cm³/mol. The highest BCUT2D eigenvalue weighted by molar-refractivity contribution is 6.06. The maximum Gasteiger partial charge on any atom is 0.249 e. The molecule has 1 N–H and O–H groups in total. The second-order valence-electron chi connectivity index (χ2n) is 5.83. The van der Waals surface area contributed by atoms with Crippen LogP contribution in [0.3, 0.4) is 0 Å². The third-order valence-corrected chi connectivity index (χ3v) is 4.12. The number of amides is 1. The maximum atomic E-state index is 12.3. The molecule has 2 aliphatic rings. The van der Waals surface area contributed by atoms with Crippen LogP contribution in [0.15, 0.2) is 24.3 Å². The van der Waals surface area contributed by atoms with Crippen LogP contribution in [0.4, 0.5) is 11.4 Å². The molecule has 1 fully saturated rings. The molecule has 2 aliphatic heterocycles. The summed E-state index contributed by atoms with van der Waals surface area (Å²) in [6.45, 7) is 8.05. The van der Waals surface area contributed by atoms with Crippen molar-refractivity contribution in [3.05, 3.63) is 24.3 Å². The molecule has 0 spiro atoms. The number of hydrogen-bond acceptors (Lipinski definition) is 4. The van der Waals surface area contributed by atoms with Crippen LogP contribution < -0.4 is 10.2 Å². The number of ether oxygens (including phenoxy) is 1. The van der Waals surface area contributed by atoms with Crippen molar-refractivity contribution in [2.24, 2.45) is 0 Å². The Balaban J connectivity index is 1.90. The predicted octanol–water partition coefficient (Wildman–Crippen LogP) is 1.51. The van der Waals surface area contributed by atoms with E-state index in [4.69, 9.17) is 4.74 Å². The Bertz CT molecular complexity index is 510. The number of hydrogen-bond donors (Lipinski definition) is 1. The molecule has 20 heavy (non-hydrogen) atoms. The quantitative estimate of drug-likeness (QED) is 0.888. The largest absolute Gasteiger partial charge is 0.379 e. The van der Waals surface area contributed by atoms with E-state index in [0.717, 1.165) is 44.3 Å². The Morgan fingerprint density at radius 2 is 1.95 bits per heavy atom. The van der Waals surface area contributed by atoms with Crippen molar-refractivity contribution in [2.45, 2.75) is 19.4 Å². The van der Waals surface area contributed by atoms with Gasteiger partial charge >= 0.3 is 0 Å². The number of nitrogens with zero attached hydrogens (tertiary/aromatic N) is 2. The molecular formula is C15H21N3O2. The molecule has 1 aromatic carbocycles. The summed E-state index contributed by atoms with van der Waals surface area (Å²) in [5.74, 6) is 0.0458. The van der Waals surface area contributed by atoms with Gasteiger partial charge in [0.15, 0.2) is 0 Å². The van der Waals surface area contributed by atoms with Gasteiger partial charge in [0, 0.05) is 13.1 Å². The smallest absolute Gasteiger partial charge is 0.249 e. The molecule has 108 valence electrons. The number of anilines is 2. The molecule has 0 radical (unpaired) electrons. The SMILES string of the molecule is CC1(C)C(=O)Nc2ccccc2N1CN1CCOCC1. The van der Waals surface area contributed by atoms with Gasteiger partial charge in [-0.05, 0) is 26.0 Å². The number of carbonyl (C=O) groups excluding carboxylic acids is 1. The molecule has 2 heterocycles. The van der Waals surface area contributed by atoms with Gasteiger partial charge in [0.1, 0.15) is 5.54 Å². The van der Waals surface area contributed by atoms with Gasteiger partial charge in [0.2, 0.25) is 5.91 Å². The van der Waals surface area contributed by atoms with Crippen LogP contribution in [-0.2, 0) is 9.53 Å². The minimum atomic E-state index is -0.549. The fraction of sp³-hybridized carbons (Fsp3) is 0.533. The molecule has 0 aromatic heterocycles. The minimum absolute atomic E-state index is 0.0458. The molecule has 1 amide bonds. The van der Waals surface area contributed by atoms with Gasteiger partial charge in [-0.1, -0.05) is 12.1 Å². The van der Waals surface area contributed by atoms with Crippen molar-refractivity contribution in [3.8, 4) is 0 Å². The topological polar surface area (TPSA) is 44.8 Å². The zero-order valence-electron chi connectivity index (χ0n) is 12.1. The van der Waals surface area contributed by atoms with Gasteiger partial charge in [-0.25, -0.2) is 0 Å². The van der Waals surface area contributed by atoms with E-state index in [9.17, 15) is 4.79 Å². The van der Waals surface area contributed by atoms with Gasteiger partial charge in [0.05, 0.1) is 31.3 Å². The number of morpholine rings is 1. The molecular weight excluding hydrogens is 254 g/mol. The van der Waals surface area contributed by atoms with E-state index >= 15 is 0 Å². The summed E-state index contributed by atoms with van der Waals surface area (Å²) < 4.78 is 5.39. The highest BCUT2D eigenvalue weighted by atomic mass is 16.5. The summed E-state index contributed by atoms with van der Waals surface area (Å²) in [6.07, 6.45) is 0. The number of benzene rings is 1. The molecule has 0 atom stereocenters. The Labute approximate surface area is 119 Å². The first kappa shape index (κ1) is 13.4. The van der Waals surface area contributed by atoms with Crippen LogP contribution in [0, 0.1) is 0 Å². The minimum Gasteiger partial charge on any atom is -0.379 e. The van der Waals surface area contributed by atoms with Gasteiger partial charge in [0.25, 0.3) is 0 Å². The fourth-order valence-corrected chi connectivity index (χ4v) is 2.71. The van der Waals surface area contributed by atoms with Crippen LogP contribution >= 0.6 is 0 Å². The van der Waals surface area contributed by atoms with E-state index in [0.29, 0.717) is 0 Å². The normalized spacial score (nSPS) is 22.3. The average molecular weight is 275 g/mol. The third-order valence-electron chi connectivity index (χ3n) is 4.12. The summed E-state index contributed by atoms with van der Waals surface area (Å²) >= 11 is 0. The van der Waals surface area contributed by atoms with E-state index in [2.05, 4.69) is 21.2 Å². The first-order chi connectivity index (χ1) is 9.59. The van der Waals surface area contributed by atoms with Gasteiger partial charge < -0.3 is 15.0 Å². The number of para-hydroxylation sites is 2. The standard InChI is InChI=1S/C15H21N3O2/c1-15(2)14(19)16-12-5-3-4-6-13(12)18(15)11-17-7-9-20-10-8-17/h3-6H,7-11H2,1-2H3,(H,16,19). The number of rotatable bonds is 2. The summed E-state index contributed by atoms with van der Waals surface area (Å²) in [7, 11) is 0. The highest BCUT2D eigenvalue weighted by Gasteiger charge is 2.40. The van der Waals surface area contributed by atoms with Crippen molar-refractivity contribution in [1.29, 1.82) is 0 Å². The van der Waals surface area contributed by atoms with Crippen molar-refractivity contribution in [3.63, 3.8) is 0 Å². The van der Waals surface area contributed by atoms with Gasteiger partial charge in [-0.2, -0.15) is 0 Å². The Hall–Kier alpha value is -1.59. The molecule has 5 nitrogen and oxygen atoms in total. The molecule has 0 saturated carbocycles. The Morgan fingerprint density at radius 3 is 2.70 bits per heavy atom. The lowest BCUT2D eigenvalue weighted by atomic mass is 9.97. The second-order valence-corrected chi connectivity index (χ2v) is 5.83. The average Bonchev–Trinajstić information content (AvgIpc) is 2.45. The summed E-state index contributed by atoms with van der Waals surface area (Å²) in [5.41, 5.74) is 1.43. The zero-order chi connectivity index (χ0) is 14.2. The van der Waals surface area contributed by atoms with Crippen LogP contribution in [0.1, 0.15) is 13.8 Å². The van der Waals surface area contributed by atoms with Crippen LogP contribution in [0.2, 0.25) is 0 Å².